The van der Waals surface area contributed by atoms with E-state index in [4.69, 9.17) is 4.74 Å². The van der Waals surface area contributed by atoms with E-state index in [-0.39, 0.29) is 30.4 Å². The molecule has 1 saturated heterocycles. The van der Waals surface area contributed by atoms with Crippen LogP contribution in [0, 0.1) is 17.6 Å². The zero-order valence-electron chi connectivity index (χ0n) is 32.4. The third kappa shape index (κ3) is 13.7. The Morgan fingerprint density at radius 2 is 1.87 bits per heavy atom. The van der Waals surface area contributed by atoms with Crippen LogP contribution < -0.4 is 9.64 Å². The molecule has 2 unspecified atom stereocenters. The van der Waals surface area contributed by atoms with Gasteiger partial charge in [0.15, 0.2) is 0 Å². The summed E-state index contributed by atoms with van der Waals surface area (Å²) in [7, 11) is 3.84. The van der Waals surface area contributed by atoms with Gasteiger partial charge in [0, 0.05) is 73.2 Å². The lowest BCUT2D eigenvalue weighted by molar-refractivity contribution is 0.0655. The normalized spacial score (nSPS) is 15.5. The maximum absolute atomic E-state index is 15.3. The van der Waals surface area contributed by atoms with Crippen LogP contribution in [-0.2, 0) is 0 Å². The summed E-state index contributed by atoms with van der Waals surface area (Å²) in [5, 5.41) is 22.2. The third-order valence-electron chi connectivity index (χ3n) is 9.11. The molecule has 0 spiro atoms. The number of nitrogens with zero attached hydrogens (tertiary/aromatic N) is 5. The number of halogens is 1. The number of benzene rings is 2. The van der Waals surface area contributed by atoms with E-state index in [9.17, 15) is 19.9 Å². The average Bonchev–Trinajstić information content (AvgIpc) is 3.56. The Labute approximate surface area is 310 Å². The molecule has 1 aliphatic heterocycles. The minimum absolute atomic E-state index is 0.0571. The zero-order valence-corrected chi connectivity index (χ0v) is 32.4. The highest BCUT2D eigenvalue weighted by molar-refractivity contribution is 5.97. The van der Waals surface area contributed by atoms with Crippen LogP contribution in [0.3, 0.4) is 0 Å². The Balaban J connectivity index is 0.00000175. The van der Waals surface area contributed by atoms with Crippen molar-refractivity contribution in [1.82, 2.24) is 9.80 Å². The van der Waals surface area contributed by atoms with Crippen molar-refractivity contribution in [1.29, 1.82) is 0 Å². The molecule has 286 valence electrons. The molecule has 0 radical (unpaired) electrons. The number of rotatable bonds is 18. The molecule has 52 heavy (non-hydrogen) atoms. The number of likely N-dealkylation sites (tertiary alicyclic amines) is 1. The van der Waals surface area contributed by atoms with Crippen molar-refractivity contribution in [3.05, 3.63) is 93.4 Å². The lowest BCUT2D eigenvalue weighted by atomic mass is 10.1. The van der Waals surface area contributed by atoms with Gasteiger partial charge in [-0.15, -0.1) is 4.91 Å². The first-order valence-electron chi connectivity index (χ1n) is 18.4. The minimum atomic E-state index is -0.897. The topological polar surface area (TPSA) is 118 Å². The highest BCUT2D eigenvalue weighted by Crippen LogP contribution is 2.32. The summed E-state index contributed by atoms with van der Waals surface area (Å²) in [6.07, 6.45) is 16.0. The van der Waals surface area contributed by atoms with Gasteiger partial charge in [-0.2, -0.15) is 0 Å². The summed E-state index contributed by atoms with van der Waals surface area (Å²) in [5.74, 6) is -1.04. The molecule has 0 aliphatic carbocycles. The van der Waals surface area contributed by atoms with Crippen LogP contribution in [0.1, 0.15) is 101 Å². The quantitative estimate of drug-likeness (QED) is 0.0892. The largest absolute Gasteiger partial charge is 0.489 e. The standard InChI is InChI=1S/C36H48FN5O5.C5H12/c1-7-10-27(4)41(6)33-16-14-28(36(45)39-46)22-32(33)38-24-29-21-25(2)34(23-31(29)37)47-20-9-11-30(42-17-8-12-35(42)44)15-13-26(3)40(5)18-19-43;1-3-5-4-2/h9,11,13-16,21-24,27,35,43-44H,7-8,10,12,17-20H2,1-6H3;3-5H2,1-2H3/b11-9+,26-13+,30-15+,38-24?;. The first-order valence-corrected chi connectivity index (χ1v) is 18.4. The summed E-state index contributed by atoms with van der Waals surface area (Å²) >= 11 is 0. The number of amides is 1. The predicted molar refractivity (Wildman–Crippen MR) is 211 cm³/mol. The number of aliphatic hydroxyl groups is 2. The number of aliphatic hydroxyl groups excluding tert-OH is 2. The Kier molecular flexibility index (Phi) is 19.6. The highest BCUT2D eigenvalue weighted by Gasteiger charge is 2.22. The van der Waals surface area contributed by atoms with Gasteiger partial charge >= 0.3 is 5.91 Å². The van der Waals surface area contributed by atoms with E-state index in [1.807, 2.05) is 66.9 Å². The Morgan fingerprint density at radius 1 is 1.13 bits per heavy atom. The van der Waals surface area contributed by atoms with Crippen LogP contribution in [0.2, 0.25) is 0 Å². The van der Waals surface area contributed by atoms with Crippen molar-refractivity contribution in [3.8, 4) is 5.75 Å². The number of unbranched alkanes of at least 4 members (excludes halogenated alkanes) is 2. The van der Waals surface area contributed by atoms with Crippen LogP contribution in [0.4, 0.5) is 15.8 Å². The first kappa shape index (κ1) is 43.8. The lowest BCUT2D eigenvalue weighted by Crippen LogP contribution is -2.28. The smallest absolute Gasteiger partial charge is 0.316 e. The van der Waals surface area contributed by atoms with Gasteiger partial charge in [-0.05, 0) is 94.2 Å². The molecule has 3 rings (SSSR count). The fourth-order valence-corrected chi connectivity index (χ4v) is 5.66. The second-order valence-electron chi connectivity index (χ2n) is 13.2. The number of aryl methyl sites for hydroxylation is 1. The van der Waals surface area contributed by atoms with Crippen LogP contribution in [0.5, 0.6) is 5.75 Å². The minimum Gasteiger partial charge on any atom is -0.489 e. The van der Waals surface area contributed by atoms with Crippen LogP contribution in [-0.4, -0.2) is 84.8 Å². The Morgan fingerprint density at radius 3 is 2.46 bits per heavy atom. The third-order valence-corrected chi connectivity index (χ3v) is 9.11. The summed E-state index contributed by atoms with van der Waals surface area (Å²) < 4.78 is 21.2. The van der Waals surface area contributed by atoms with E-state index < -0.39 is 18.0 Å². The summed E-state index contributed by atoms with van der Waals surface area (Å²) in [5.41, 5.74) is 4.02. The monoisotopic (exact) mass is 721 g/mol. The number of hydrogen-bond donors (Lipinski definition) is 2. The molecule has 2 aromatic carbocycles. The van der Waals surface area contributed by atoms with E-state index in [2.05, 4.69) is 37.9 Å². The molecule has 1 heterocycles. The molecule has 11 heteroatoms. The second kappa shape index (κ2) is 23.3. The highest BCUT2D eigenvalue weighted by atomic mass is 19.1. The van der Waals surface area contributed by atoms with Crippen molar-refractivity contribution in [2.45, 2.75) is 98.8 Å². The average molecular weight is 722 g/mol. The van der Waals surface area contributed by atoms with Crippen LogP contribution in [0.15, 0.2) is 76.2 Å². The van der Waals surface area contributed by atoms with Crippen molar-refractivity contribution in [2.75, 3.05) is 45.3 Å². The number of aliphatic imine (C=N–C) groups is 1. The molecule has 1 amide bonds. The molecule has 2 N–H and O–H groups in total. The summed E-state index contributed by atoms with van der Waals surface area (Å²) in [6, 6.07) is 7.91. The number of ether oxygens (including phenoxy) is 1. The lowest BCUT2D eigenvalue weighted by Gasteiger charge is -2.28. The van der Waals surface area contributed by atoms with Crippen molar-refractivity contribution >= 4 is 23.5 Å². The maximum Gasteiger partial charge on any atom is 0.316 e. The van der Waals surface area contributed by atoms with E-state index in [0.717, 1.165) is 42.9 Å². The number of nitroso groups, excluding NO2 is 1. The number of allylic oxidation sites excluding steroid dienone is 4. The molecule has 0 saturated carbocycles. The number of anilines is 1. The van der Waals surface area contributed by atoms with Crippen LogP contribution in [0.25, 0.3) is 0 Å². The number of carbonyl (C=O) groups is 1. The SMILES string of the molecule is CCCC(C)N(C)c1ccc(C(=O)N=O)cc1N=Cc1cc(C)c(OC/C=C/C(=C\C=C(/C)N(C)CCO)N2CCCC2O)cc1F.CCCCC. The van der Waals surface area contributed by atoms with E-state index in [1.165, 1.54) is 37.6 Å². The number of hydrogen-bond acceptors (Lipinski definition) is 9. The summed E-state index contributed by atoms with van der Waals surface area (Å²) in [4.78, 5) is 33.3. The second-order valence-corrected chi connectivity index (χ2v) is 13.2. The predicted octanol–water partition coefficient (Wildman–Crippen LogP) is 8.67. The molecule has 0 aromatic heterocycles. The van der Waals surface area contributed by atoms with E-state index >= 15 is 4.39 Å². The fraction of sp³-hybridized carbons (Fsp3) is 0.512. The fourth-order valence-electron chi connectivity index (χ4n) is 5.66. The van der Waals surface area contributed by atoms with Crippen molar-refractivity contribution in [2.24, 2.45) is 10.2 Å². The Bertz CT molecular complexity index is 1550. The molecular weight excluding hydrogens is 661 g/mol. The Hall–Kier alpha value is -4.35. The summed E-state index contributed by atoms with van der Waals surface area (Å²) in [6.45, 7) is 13.9. The van der Waals surface area contributed by atoms with Gasteiger partial charge in [0.1, 0.15) is 24.4 Å². The van der Waals surface area contributed by atoms with Gasteiger partial charge in [0.25, 0.3) is 0 Å². The van der Waals surface area contributed by atoms with E-state index in [0.29, 0.717) is 30.0 Å². The molecule has 2 aromatic rings. The van der Waals surface area contributed by atoms with Gasteiger partial charge in [-0.1, -0.05) is 46.5 Å². The molecule has 0 bridgehead atoms. The number of carbonyl (C=O) groups excluding carboxylic acids is 1. The van der Waals surface area contributed by atoms with Crippen molar-refractivity contribution < 1.29 is 24.1 Å². The molecular formula is C41H60FN5O5. The zero-order chi connectivity index (χ0) is 38.6. The molecule has 2 atom stereocenters. The molecule has 1 aliphatic rings. The van der Waals surface area contributed by atoms with Crippen molar-refractivity contribution in [3.63, 3.8) is 0 Å². The molecule has 1 fully saturated rings. The van der Waals surface area contributed by atoms with Gasteiger partial charge in [0.2, 0.25) is 0 Å². The van der Waals surface area contributed by atoms with Gasteiger partial charge in [0.05, 0.1) is 18.0 Å². The van der Waals surface area contributed by atoms with E-state index in [1.54, 1.807) is 18.2 Å². The first-order chi connectivity index (χ1) is 24.9. The van der Waals surface area contributed by atoms with Gasteiger partial charge < -0.3 is 29.6 Å². The van der Waals surface area contributed by atoms with Crippen LogP contribution >= 0.6 is 0 Å². The maximum atomic E-state index is 15.3. The van der Waals surface area contributed by atoms with Gasteiger partial charge in [-0.3, -0.25) is 9.79 Å². The molecule has 10 nitrogen and oxygen atoms in total. The number of likely N-dealkylation sites (N-methyl/N-ethyl adjacent to an activating group) is 1. The van der Waals surface area contributed by atoms with Gasteiger partial charge in [-0.25, -0.2) is 4.39 Å².